The van der Waals surface area contributed by atoms with Crippen molar-refractivity contribution in [1.82, 2.24) is 0 Å². The van der Waals surface area contributed by atoms with E-state index in [1.165, 1.54) is 31.4 Å². The lowest BCUT2D eigenvalue weighted by Crippen LogP contribution is -2.23. The van der Waals surface area contributed by atoms with Gasteiger partial charge in [0.15, 0.2) is 0 Å². The molecule has 0 aromatic heterocycles. The zero-order valence-corrected chi connectivity index (χ0v) is 9.87. The molecule has 1 heterocycles. The first-order valence-corrected chi connectivity index (χ1v) is 6.07. The Morgan fingerprint density at radius 3 is 2.44 bits per heavy atom. The maximum absolute atomic E-state index is 9.03. The van der Waals surface area contributed by atoms with Crippen molar-refractivity contribution in [3.05, 3.63) is 29.3 Å². The van der Waals surface area contributed by atoms with Crippen LogP contribution in [0.4, 0.5) is 5.69 Å². The van der Waals surface area contributed by atoms with E-state index < -0.39 is 0 Å². The number of nitriles is 1. The fourth-order valence-electron chi connectivity index (χ4n) is 2.26. The molecule has 16 heavy (non-hydrogen) atoms. The first-order valence-electron chi connectivity index (χ1n) is 6.07. The van der Waals surface area contributed by atoms with Gasteiger partial charge in [0, 0.05) is 18.8 Å². The maximum Gasteiger partial charge on any atom is 0.0995 e. The van der Waals surface area contributed by atoms with Crippen molar-refractivity contribution in [3.63, 3.8) is 0 Å². The molecular formula is C14H18N2. The Balaban J connectivity index is 2.22. The highest BCUT2D eigenvalue weighted by atomic mass is 15.1. The molecule has 0 N–H and O–H groups in total. The molecule has 1 saturated heterocycles. The van der Waals surface area contributed by atoms with Crippen LogP contribution in [0.2, 0.25) is 0 Å². The van der Waals surface area contributed by atoms with Gasteiger partial charge < -0.3 is 4.90 Å². The summed E-state index contributed by atoms with van der Waals surface area (Å²) >= 11 is 0. The molecule has 0 bridgehead atoms. The number of rotatable bonds is 1. The van der Waals surface area contributed by atoms with Gasteiger partial charge in [-0.2, -0.15) is 5.26 Å². The van der Waals surface area contributed by atoms with Crippen molar-refractivity contribution in [2.75, 3.05) is 18.0 Å². The topological polar surface area (TPSA) is 27.0 Å². The van der Waals surface area contributed by atoms with Gasteiger partial charge in [0.1, 0.15) is 0 Å². The third-order valence-electron chi connectivity index (χ3n) is 3.31. The van der Waals surface area contributed by atoms with Crippen molar-refractivity contribution in [2.45, 2.75) is 32.6 Å². The molecule has 2 rings (SSSR count). The molecule has 2 nitrogen and oxygen atoms in total. The molecule has 1 aliphatic rings. The zero-order valence-electron chi connectivity index (χ0n) is 9.87. The van der Waals surface area contributed by atoms with Crippen LogP contribution in [0.5, 0.6) is 0 Å². The van der Waals surface area contributed by atoms with Gasteiger partial charge in [-0.05, 0) is 37.5 Å². The first kappa shape index (κ1) is 11.0. The minimum absolute atomic E-state index is 0.807. The fourth-order valence-corrected chi connectivity index (χ4v) is 2.26. The van der Waals surface area contributed by atoms with Crippen LogP contribution in [-0.2, 0) is 0 Å². The number of benzene rings is 1. The van der Waals surface area contributed by atoms with Crippen molar-refractivity contribution >= 4 is 5.69 Å². The summed E-state index contributed by atoms with van der Waals surface area (Å²) in [4.78, 5) is 2.41. The van der Waals surface area contributed by atoms with Crippen LogP contribution < -0.4 is 4.90 Å². The normalized spacial score (nSPS) is 16.6. The van der Waals surface area contributed by atoms with Gasteiger partial charge in [-0.3, -0.25) is 0 Å². The predicted molar refractivity (Wildman–Crippen MR) is 66.6 cm³/mol. The Kier molecular flexibility index (Phi) is 3.46. The SMILES string of the molecule is Cc1ccc(N2CCCCCC2)cc1C#N. The maximum atomic E-state index is 9.03. The van der Waals surface area contributed by atoms with Crippen LogP contribution in [0.25, 0.3) is 0 Å². The van der Waals surface area contributed by atoms with Crippen LogP contribution >= 0.6 is 0 Å². The van der Waals surface area contributed by atoms with Crippen LogP contribution in [0, 0.1) is 18.3 Å². The monoisotopic (exact) mass is 214 g/mol. The Bertz CT molecular complexity index is 396. The Hall–Kier alpha value is -1.49. The summed E-state index contributed by atoms with van der Waals surface area (Å²) in [5.41, 5.74) is 3.09. The van der Waals surface area contributed by atoms with E-state index in [0.29, 0.717) is 0 Å². The van der Waals surface area contributed by atoms with Gasteiger partial charge in [0.2, 0.25) is 0 Å². The summed E-state index contributed by atoms with van der Waals surface area (Å²) < 4.78 is 0. The van der Waals surface area contributed by atoms with Crippen LogP contribution in [0.3, 0.4) is 0 Å². The van der Waals surface area contributed by atoms with Crippen molar-refractivity contribution < 1.29 is 0 Å². The lowest BCUT2D eigenvalue weighted by molar-refractivity contribution is 0.726. The lowest BCUT2D eigenvalue weighted by atomic mass is 10.1. The number of hydrogen-bond donors (Lipinski definition) is 0. The van der Waals surface area contributed by atoms with Crippen LogP contribution in [0.15, 0.2) is 18.2 Å². The smallest absolute Gasteiger partial charge is 0.0995 e. The van der Waals surface area contributed by atoms with Gasteiger partial charge >= 0.3 is 0 Å². The quantitative estimate of drug-likeness (QED) is 0.717. The van der Waals surface area contributed by atoms with Crippen molar-refractivity contribution in [3.8, 4) is 6.07 Å². The molecule has 2 heteroatoms. The first-order chi connectivity index (χ1) is 7.81. The molecule has 0 atom stereocenters. The summed E-state index contributed by atoms with van der Waals surface area (Å²) in [6.07, 6.45) is 5.23. The molecule has 84 valence electrons. The average Bonchev–Trinajstić information content (AvgIpc) is 2.58. The van der Waals surface area contributed by atoms with E-state index in [2.05, 4.69) is 23.1 Å². The molecule has 0 unspecified atom stereocenters. The molecule has 1 aromatic rings. The van der Waals surface area contributed by atoms with Crippen LogP contribution in [0.1, 0.15) is 36.8 Å². The number of hydrogen-bond acceptors (Lipinski definition) is 2. The van der Waals surface area contributed by atoms with E-state index in [-0.39, 0.29) is 0 Å². The lowest BCUT2D eigenvalue weighted by Gasteiger charge is -2.23. The molecule has 0 radical (unpaired) electrons. The second-order valence-corrected chi connectivity index (χ2v) is 4.51. The Morgan fingerprint density at radius 2 is 1.81 bits per heavy atom. The van der Waals surface area contributed by atoms with Crippen molar-refractivity contribution in [1.29, 1.82) is 5.26 Å². The highest BCUT2D eigenvalue weighted by Gasteiger charge is 2.10. The summed E-state index contributed by atoms with van der Waals surface area (Å²) in [6.45, 7) is 4.26. The van der Waals surface area contributed by atoms with Gasteiger partial charge in [-0.1, -0.05) is 18.9 Å². The standard InChI is InChI=1S/C14H18N2/c1-12-6-7-14(10-13(12)11-15)16-8-4-2-3-5-9-16/h6-7,10H,2-5,8-9H2,1H3. The molecule has 0 spiro atoms. The average molecular weight is 214 g/mol. The molecule has 1 aromatic carbocycles. The summed E-state index contributed by atoms with van der Waals surface area (Å²) in [5.74, 6) is 0. The summed E-state index contributed by atoms with van der Waals surface area (Å²) in [7, 11) is 0. The highest BCUT2D eigenvalue weighted by molar-refractivity contribution is 5.54. The molecule has 0 saturated carbocycles. The molecular weight excluding hydrogens is 196 g/mol. The predicted octanol–water partition coefficient (Wildman–Crippen LogP) is 3.25. The van der Waals surface area contributed by atoms with E-state index in [4.69, 9.17) is 5.26 Å². The Morgan fingerprint density at radius 1 is 1.12 bits per heavy atom. The van der Waals surface area contributed by atoms with E-state index in [0.717, 1.165) is 24.2 Å². The van der Waals surface area contributed by atoms with Gasteiger partial charge in [-0.15, -0.1) is 0 Å². The summed E-state index contributed by atoms with van der Waals surface area (Å²) in [6, 6.07) is 8.49. The van der Waals surface area contributed by atoms with E-state index in [1.54, 1.807) is 0 Å². The minimum atomic E-state index is 0.807. The third-order valence-corrected chi connectivity index (χ3v) is 3.31. The molecule has 0 amide bonds. The van der Waals surface area contributed by atoms with Gasteiger partial charge in [0.05, 0.1) is 11.6 Å². The minimum Gasteiger partial charge on any atom is -0.372 e. The Labute approximate surface area is 97.5 Å². The molecule has 1 aliphatic heterocycles. The van der Waals surface area contributed by atoms with Crippen LogP contribution in [-0.4, -0.2) is 13.1 Å². The number of nitrogens with zero attached hydrogens (tertiary/aromatic N) is 2. The van der Waals surface area contributed by atoms with E-state index in [1.807, 2.05) is 13.0 Å². The molecule has 1 fully saturated rings. The highest BCUT2D eigenvalue weighted by Crippen LogP contribution is 2.22. The van der Waals surface area contributed by atoms with Gasteiger partial charge in [-0.25, -0.2) is 0 Å². The van der Waals surface area contributed by atoms with E-state index in [9.17, 15) is 0 Å². The van der Waals surface area contributed by atoms with Crippen molar-refractivity contribution in [2.24, 2.45) is 0 Å². The second kappa shape index (κ2) is 5.03. The molecule has 0 aliphatic carbocycles. The number of aryl methyl sites for hydroxylation is 1. The summed E-state index contributed by atoms with van der Waals surface area (Å²) in [5, 5.41) is 9.03. The van der Waals surface area contributed by atoms with E-state index >= 15 is 0 Å². The largest absolute Gasteiger partial charge is 0.372 e. The third kappa shape index (κ3) is 2.36. The van der Waals surface area contributed by atoms with Gasteiger partial charge in [0.25, 0.3) is 0 Å². The zero-order chi connectivity index (χ0) is 11.4. The second-order valence-electron chi connectivity index (χ2n) is 4.51. The number of anilines is 1. The fraction of sp³-hybridized carbons (Fsp3) is 0.500.